The lowest BCUT2D eigenvalue weighted by Crippen LogP contribution is -2.60. The molecule has 0 spiro atoms. The molecule has 13 heteroatoms. The van der Waals surface area contributed by atoms with Crippen LogP contribution in [-0.4, -0.2) is 54.7 Å². The number of alkyl halides is 7. The van der Waals surface area contributed by atoms with Crippen molar-refractivity contribution in [1.82, 2.24) is 0 Å². The summed E-state index contributed by atoms with van der Waals surface area (Å²) in [4.78, 5) is 36.8. The minimum absolute atomic E-state index is 0.0891. The van der Waals surface area contributed by atoms with Gasteiger partial charge in [0.1, 0.15) is 5.60 Å². The molecule has 0 saturated heterocycles. The maximum Gasteiger partial charge on any atom is 0.459 e. The van der Waals surface area contributed by atoms with Gasteiger partial charge in [0.15, 0.2) is 6.61 Å². The van der Waals surface area contributed by atoms with E-state index < -0.39 is 66.6 Å². The van der Waals surface area contributed by atoms with E-state index in [4.69, 9.17) is 9.47 Å². The Morgan fingerprint density at radius 3 is 2.03 bits per heavy atom. The molecule has 35 heavy (non-hydrogen) atoms. The number of halogens is 7. The second-order valence-corrected chi connectivity index (χ2v) is 9.92. The highest BCUT2D eigenvalue weighted by Crippen LogP contribution is 2.63. The van der Waals surface area contributed by atoms with Crippen molar-refractivity contribution in [2.75, 3.05) is 13.2 Å². The highest BCUT2D eigenvalue weighted by molar-refractivity contribution is 5.87. The van der Waals surface area contributed by atoms with Crippen LogP contribution in [0.25, 0.3) is 0 Å². The van der Waals surface area contributed by atoms with Crippen LogP contribution in [0.1, 0.15) is 51.9 Å². The van der Waals surface area contributed by atoms with Gasteiger partial charge in [0.05, 0.1) is 18.4 Å². The fourth-order valence-corrected chi connectivity index (χ4v) is 5.80. The molecule has 0 aromatic heterocycles. The topological polar surface area (TPSA) is 78.9 Å². The van der Waals surface area contributed by atoms with Crippen LogP contribution in [0.5, 0.6) is 0 Å². The molecule has 2 unspecified atom stereocenters. The van der Waals surface area contributed by atoms with Gasteiger partial charge in [-0.1, -0.05) is 6.58 Å². The van der Waals surface area contributed by atoms with Gasteiger partial charge in [-0.2, -0.15) is 30.7 Å². The Balaban J connectivity index is 1.54. The normalized spacial score (nSPS) is 30.1. The van der Waals surface area contributed by atoms with Gasteiger partial charge < -0.3 is 14.2 Å². The van der Waals surface area contributed by atoms with Gasteiger partial charge in [0.25, 0.3) is 0 Å². The van der Waals surface area contributed by atoms with Crippen molar-refractivity contribution in [3.8, 4) is 0 Å². The zero-order valence-electron chi connectivity index (χ0n) is 18.8. The van der Waals surface area contributed by atoms with Crippen molar-refractivity contribution in [3.05, 3.63) is 12.2 Å². The molecule has 2 atom stereocenters. The summed E-state index contributed by atoms with van der Waals surface area (Å²) < 4.78 is 104. The van der Waals surface area contributed by atoms with E-state index in [0.717, 1.165) is 6.42 Å². The van der Waals surface area contributed by atoms with E-state index in [0.29, 0.717) is 25.7 Å². The molecule has 4 aliphatic rings. The van der Waals surface area contributed by atoms with Crippen molar-refractivity contribution in [3.63, 3.8) is 0 Å². The van der Waals surface area contributed by atoms with Crippen molar-refractivity contribution in [1.29, 1.82) is 0 Å². The third-order valence-corrected chi connectivity index (χ3v) is 6.91. The van der Waals surface area contributed by atoms with E-state index in [-0.39, 0.29) is 23.8 Å². The van der Waals surface area contributed by atoms with Crippen LogP contribution >= 0.6 is 0 Å². The standard InChI is InChI=1S/C22H25F7O6/c1-12(2)16(31)35-19-8-13-5-14(9-19)7-18(6-13,11-19)17(32)34-10-15(30)33-4-3-20(23,24)21(25,26)22(27,28)29/h13-14H,1,3-11H2,2H3. The molecule has 0 aliphatic heterocycles. The van der Waals surface area contributed by atoms with Crippen LogP contribution in [0, 0.1) is 17.3 Å². The van der Waals surface area contributed by atoms with Crippen LogP contribution in [0.2, 0.25) is 0 Å². The Kier molecular flexibility index (Phi) is 6.97. The third-order valence-electron chi connectivity index (χ3n) is 6.91. The molecule has 4 fully saturated rings. The van der Waals surface area contributed by atoms with Gasteiger partial charge in [0.2, 0.25) is 0 Å². The summed E-state index contributed by atoms with van der Waals surface area (Å²) in [7, 11) is 0. The molecule has 198 valence electrons. The summed E-state index contributed by atoms with van der Waals surface area (Å²) in [6.07, 6.45) is -5.48. The third kappa shape index (κ3) is 5.28. The van der Waals surface area contributed by atoms with E-state index in [1.165, 1.54) is 6.92 Å². The molecule has 4 aliphatic carbocycles. The van der Waals surface area contributed by atoms with Crippen molar-refractivity contribution in [2.24, 2.45) is 17.3 Å². The van der Waals surface area contributed by atoms with E-state index in [1.54, 1.807) is 0 Å². The first-order chi connectivity index (χ1) is 15.9. The summed E-state index contributed by atoms with van der Waals surface area (Å²) in [5.41, 5.74) is -1.69. The number of hydrogen-bond acceptors (Lipinski definition) is 6. The van der Waals surface area contributed by atoms with E-state index in [9.17, 15) is 45.1 Å². The predicted molar refractivity (Wildman–Crippen MR) is 103 cm³/mol. The van der Waals surface area contributed by atoms with Crippen LogP contribution < -0.4 is 0 Å². The molecule has 0 radical (unpaired) electrons. The van der Waals surface area contributed by atoms with Crippen LogP contribution in [0.3, 0.4) is 0 Å². The molecule has 0 aromatic carbocycles. The smallest absolute Gasteiger partial charge is 0.459 e. The van der Waals surface area contributed by atoms with Crippen molar-refractivity contribution >= 4 is 17.9 Å². The minimum atomic E-state index is -6.48. The largest absolute Gasteiger partial charge is 0.463 e. The van der Waals surface area contributed by atoms with Gasteiger partial charge in [-0.05, 0) is 50.9 Å². The van der Waals surface area contributed by atoms with Gasteiger partial charge in [-0.3, -0.25) is 4.79 Å². The lowest BCUT2D eigenvalue weighted by Gasteiger charge is -2.59. The van der Waals surface area contributed by atoms with Crippen molar-refractivity contribution in [2.45, 2.75) is 75.5 Å². The monoisotopic (exact) mass is 518 g/mol. The number of rotatable bonds is 9. The molecule has 0 amide bonds. The van der Waals surface area contributed by atoms with Gasteiger partial charge >= 0.3 is 35.9 Å². The molecule has 0 heterocycles. The van der Waals surface area contributed by atoms with Crippen molar-refractivity contribution < 1.29 is 59.3 Å². The first kappa shape index (κ1) is 27.3. The highest BCUT2D eigenvalue weighted by atomic mass is 19.4. The van der Waals surface area contributed by atoms with Gasteiger partial charge in [-0.15, -0.1) is 0 Å². The Morgan fingerprint density at radius 1 is 0.943 bits per heavy atom. The highest BCUT2D eigenvalue weighted by Gasteiger charge is 2.72. The lowest BCUT2D eigenvalue weighted by molar-refractivity contribution is -0.356. The maximum absolute atomic E-state index is 13.3. The van der Waals surface area contributed by atoms with E-state index >= 15 is 0 Å². The first-order valence-corrected chi connectivity index (χ1v) is 11.0. The Morgan fingerprint density at radius 2 is 1.51 bits per heavy atom. The summed E-state index contributed by atoms with van der Waals surface area (Å²) in [5, 5.41) is 0. The zero-order chi connectivity index (χ0) is 26.4. The Bertz CT molecular complexity index is 883. The number of hydrogen-bond donors (Lipinski definition) is 0. The average Bonchev–Trinajstić information content (AvgIpc) is 2.69. The van der Waals surface area contributed by atoms with E-state index in [2.05, 4.69) is 11.3 Å². The molecule has 4 rings (SSSR count). The summed E-state index contributed by atoms with van der Waals surface area (Å²) in [5.74, 6) is -14.4. The SMILES string of the molecule is C=C(C)C(=O)OC12CC3CC(C1)CC(C(=O)OCC(=O)OCCC(F)(F)C(F)(F)C(F)(F)F)(C3)C2. The zero-order valence-corrected chi connectivity index (χ0v) is 18.8. The Hall–Kier alpha value is -2.34. The predicted octanol–water partition coefficient (Wildman–Crippen LogP) is 4.75. The molecule has 0 aromatic rings. The second-order valence-electron chi connectivity index (χ2n) is 9.92. The molecule has 0 N–H and O–H groups in total. The molecular weight excluding hydrogens is 493 g/mol. The van der Waals surface area contributed by atoms with Crippen LogP contribution in [-0.2, 0) is 28.6 Å². The van der Waals surface area contributed by atoms with Gasteiger partial charge in [0, 0.05) is 12.0 Å². The summed E-state index contributed by atoms with van der Waals surface area (Å²) in [6.45, 7) is 2.58. The molecular formula is C22H25F7O6. The summed E-state index contributed by atoms with van der Waals surface area (Å²) in [6, 6.07) is 0. The Labute approximate surface area is 196 Å². The lowest BCUT2D eigenvalue weighted by atomic mass is 9.48. The number of ether oxygens (including phenoxy) is 3. The fraction of sp³-hybridized carbons (Fsp3) is 0.773. The molecule has 6 nitrogen and oxygen atoms in total. The quantitative estimate of drug-likeness (QED) is 0.190. The maximum atomic E-state index is 13.3. The first-order valence-electron chi connectivity index (χ1n) is 11.0. The molecule has 4 saturated carbocycles. The van der Waals surface area contributed by atoms with Crippen LogP contribution in [0.15, 0.2) is 12.2 Å². The minimum Gasteiger partial charge on any atom is -0.463 e. The number of carbonyl (C=O) groups excluding carboxylic acids is 3. The van der Waals surface area contributed by atoms with E-state index in [1.807, 2.05) is 0 Å². The van der Waals surface area contributed by atoms with Crippen LogP contribution in [0.4, 0.5) is 30.7 Å². The van der Waals surface area contributed by atoms with Gasteiger partial charge in [-0.25, -0.2) is 9.59 Å². The summed E-state index contributed by atoms with van der Waals surface area (Å²) >= 11 is 0. The molecule has 4 bridgehead atoms. The number of esters is 3. The number of carbonyl (C=O) groups is 3. The fourth-order valence-electron chi connectivity index (χ4n) is 5.80. The average molecular weight is 518 g/mol. The second kappa shape index (κ2) is 8.95.